The average molecular weight is 386 g/mol. The van der Waals surface area contributed by atoms with Crippen LogP contribution in [-0.4, -0.2) is 38.5 Å². The van der Waals surface area contributed by atoms with Gasteiger partial charge >= 0.3 is 0 Å². The number of ether oxygens (including phenoxy) is 1. The van der Waals surface area contributed by atoms with E-state index in [-0.39, 0.29) is 23.3 Å². The van der Waals surface area contributed by atoms with E-state index in [2.05, 4.69) is 15.9 Å². The zero-order valence-electron chi connectivity index (χ0n) is 11.1. The Bertz CT molecular complexity index is 568. The number of hydrogen-bond donors (Lipinski definition) is 1. The Morgan fingerprint density at radius 2 is 2.20 bits per heavy atom. The van der Waals surface area contributed by atoms with Gasteiger partial charge in [0.1, 0.15) is 5.75 Å². The third-order valence-corrected chi connectivity index (χ3v) is 5.51. The van der Waals surface area contributed by atoms with Crippen LogP contribution in [0, 0.1) is 0 Å². The first-order valence-corrected chi connectivity index (χ1v) is 8.36. The van der Waals surface area contributed by atoms with Crippen molar-refractivity contribution in [3.05, 3.63) is 22.7 Å². The van der Waals surface area contributed by atoms with Crippen molar-refractivity contribution in [2.75, 3.05) is 19.7 Å². The molecular weight excluding hydrogens is 368 g/mol. The van der Waals surface area contributed by atoms with E-state index in [4.69, 9.17) is 10.5 Å². The van der Waals surface area contributed by atoms with E-state index in [1.165, 1.54) is 4.31 Å². The molecular formula is C12H18BrClN2O3S. The highest BCUT2D eigenvalue weighted by Crippen LogP contribution is 2.30. The van der Waals surface area contributed by atoms with Crippen molar-refractivity contribution < 1.29 is 13.2 Å². The summed E-state index contributed by atoms with van der Waals surface area (Å²) in [6, 6.07) is 4.73. The minimum absolute atomic E-state index is 0. The molecule has 1 atom stereocenters. The van der Waals surface area contributed by atoms with Gasteiger partial charge in [0.05, 0.1) is 16.0 Å². The summed E-state index contributed by atoms with van der Waals surface area (Å²) in [7, 11) is -3.46. The summed E-state index contributed by atoms with van der Waals surface area (Å²) in [5, 5.41) is 0. The standard InChI is InChI=1S/C12H17BrN2O3S.ClH/c1-2-18-12-4-3-10(7-11(12)13)19(16,17)15-6-5-9(14)8-15;/h3-4,7,9H,2,5-6,8,14H2,1H3;1H/t9-;/m1./s1. The van der Waals surface area contributed by atoms with Crippen LogP contribution in [0.1, 0.15) is 13.3 Å². The summed E-state index contributed by atoms with van der Waals surface area (Å²) < 4.78 is 32.3. The summed E-state index contributed by atoms with van der Waals surface area (Å²) >= 11 is 3.33. The van der Waals surface area contributed by atoms with E-state index >= 15 is 0 Å². The number of halogens is 2. The van der Waals surface area contributed by atoms with Crippen molar-refractivity contribution in [3.8, 4) is 5.75 Å². The van der Waals surface area contributed by atoms with Crippen LogP contribution >= 0.6 is 28.3 Å². The number of sulfonamides is 1. The molecule has 5 nitrogen and oxygen atoms in total. The van der Waals surface area contributed by atoms with Crippen molar-refractivity contribution in [2.45, 2.75) is 24.3 Å². The van der Waals surface area contributed by atoms with Gasteiger partial charge in [0.25, 0.3) is 0 Å². The molecule has 1 aliphatic rings. The predicted molar refractivity (Wildman–Crippen MR) is 83.9 cm³/mol. The molecule has 20 heavy (non-hydrogen) atoms. The molecule has 0 amide bonds. The summed E-state index contributed by atoms with van der Waals surface area (Å²) in [6.07, 6.45) is 0.706. The Morgan fingerprint density at radius 3 is 2.70 bits per heavy atom. The quantitative estimate of drug-likeness (QED) is 0.860. The van der Waals surface area contributed by atoms with Gasteiger partial charge in [-0.05, 0) is 47.5 Å². The summed E-state index contributed by atoms with van der Waals surface area (Å²) in [5.41, 5.74) is 5.76. The van der Waals surface area contributed by atoms with E-state index in [1.807, 2.05) is 6.92 Å². The minimum atomic E-state index is -3.46. The van der Waals surface area contributed by atoms with Gasteiger partial charge in [-0.25, -0.2) is 8.42 Å². The molecule has 0 spiro atoms. The molecule has 1 heterocycles. The lowest BCUT2D eigenvalue weighted by Crippen LogP contribution is -2.31. The predicted octanol–water partition coefficient (Wildman–Crippen LogP) is 1.99. The molecule has 1 aliphatic heterocycles. The highest BCUT2D eigenvalue weighted by Gasteiger charge is 2.31. The number of rotatable bonds is 4. The Kier molecular flexibility index (Phi) is 6.27. The van der Waals surface area contributed by atoms with Crippen LogP contribution < -0.4 is 10.5 Å². The van der Waals surface area contributed by atoms with Crippen molar-refractivity contribution in [2.24, 2.45) is 5.73 Å². The maximum Gasteiger partial charge on any atom is 0.243 e. The number of benzene rings is 1. The lowest BCUT2D eigenvalue weighted by Gasteiger charge is -2.16. The molecule has 0 unspecified atom stereocenters. The van der Waals surface area contributed by atoms with Gasteiger partial charge in [0.15, 0.2) is 0 Å². The zero-order chi connectivity index (χ0) is 14.0. The normalized spacial score (nSPS) is 19.6. The largest absolute Gasteiger partial charge is 0.493 e. The van der Waals surface area contributed by atoms with Crippen LogP contribution in [0.15, 0.2) is 27.6 Å². The Morgan fingerprint density at radius 1 is 1.50 bits per heavy atom. The van der Waals surface area contributed by atoms with E-state index in [9.17, 15) is 8.42 Å². The summed E-state index contributed by atoms with van der Waals surface area (Å²) in [5.74, 6) is 0.638. The fourth-order valence-corrected chi connectivity index (χ4v) is 4.22. The lowest BCUT2D eigenvalue weighted by atomic mass is 10.3. The Labute approximate surface area is 134 Å². The second-order valence-corrected chi connectivity index (χ2v) is 7.23. The molecule has 8 heteroatoms. The van der Waals surface area contributed by atoms with Crippen molar-refractivity contribution in [3.63, 3.8) is 0 Å². The van der Waals surface area contributed by atoms with Gasteiger partial charge in [0, 0.05) is 19.1 Å². The first kappa shape index (κ1) is 17.7. The fourth-order valence-electron chi connectivity index (χ4n) is 2.04. The first-order chi connectivity index (χ1) is 8.95. The van der Waals surface area contributed by atoms with Gasteiger partial charge in [-0.15, -0.1) is 12.4 Å². The van der Waals surface area contributed by atoms with Gasteiger partial charge in [-0.1, -0.05) is 0 Å². The first-order valence-electron chi connectivity index (χ1n) is 6.13. The minimum Gasteiger partial charge on any atom is -0.493 e. The van der Waals surface area contributed by atoms with Crippen LogP contribution in [0.3, 0.4) is 0 Å². The molecule has 2 N–H and O–H groups in total. The monoisotopic (exact) mass is 384 g/mol. The van der Waals surface area contributed by atoms with Crippen LogP contribution in [0.5, 0.6) is 5.75 Å². The molecule has 1 fully saturated rings. The molecule has 0 aliphatic carbocycles. The Balaban J connectivity index is 0.00000200. The van der Waals surface area contributed by atoms with Crippen molar-refractivity contribution in [1.82, 2.24) is 4.31 Å². The van der Waals surface area contributed by atoms with Crippen molar-refractivity contribution in [1.29, 1.82) is 0 Å². The number of hydrogen-bond acceptors (Lipinski definition) is 4. The molecule has 114 valence electrons. The third-order valence-electron chi connectivity index (χ3n) is 3.03. The lowest BCUT2D eigenvalue weighted by molar-refractivity contribution is 0.338. The van der Waals surface area contributed by atoms with Gasteiger partial charge in [-0.3, -0.25) is 0 Å². The maximum atomic E-state index is 12.4. The van der Waals surface area contributed by atoms with E-state index in [0.717, 1.165) is 0 Å². The second kappa shape index (κ2) is 7.09. The van der Waals surface area contributed by atoms with E-state index < -0.39 is 10.0 Å². The fraction of sp³-hybridized carbons (Fsp3) is 0.500. The van der Waals surface area contributed by atoms with Crippen LogP contribution in [-0.2, 0) is 10.0 Å². The molecule has 0 radical (unpaired) electrons. The molecule has 0 aromatic heterocycles. The van der Waals surface area contributed by atoms with Crippen LogP contribution in [0.2, 0.25) is 0 Å². The highest BCUT2D eigenvalue weighted by molar-refractivity contribution is 9.10. The third kappa shape index (κ3) is 3.65. The summed E-state index contributed by atoms with van der Waals surface area (Å²) in [4.78, 5) is 0.261. The summed E-state index contributed by atoms with van der Waals surface area (Å²) in [6.45, 7) is 3.27. The Hall–Kier alpha value is -0.340. The smallest absolute Gasteiger partial charge is 0.243 e. The van der Waals surface area contributed by atoms with Crippen LogP contribution in [0.25, 0.3) is 0 Å². The number of nitrogens with zero attached hydrogens (tertiary/aromatic N) is 1. The zero-order valence-corrected chi connectivity index (χ0v) is 14.3. The second-order valence-electron chi connectivity index (χ2n) is 4.44. The van der Waals surface area contributed by atoms with Gasteiger partial charge < -0.3 is 10.5 Å². The molecule has 1 saturated heterocycles. The average Bonchev–Trinajstić information content (AvgIpc) is 2.79. The van der Waals surface area contributed by atoms with Crippen molar-refractivity contribution >= 4 is 38.4 Å². The van der Waals surface area contributed by atoms with Gasteiger partial charge in [0.2, 0.25) is 10.0 Å². The number of nitrogens with two attached hydrogens (primary N) is 1. The van der Waals surface area contributed by atoms with Crippen LogP contribution in [0.4, 0.5) is 0 Å². The maximum absolute atomic E-state index is 12.4. The highest BCUT2D eigenvalue weighted by atomic mass is 79.9. The van der Waals surface area contributed by atoms with Gasteiger partial charge in [-0.2, -0.15) is 4.31 Å². The molecule has 0 saturated carbocycles. The topological polar surface area (TPSA) is 72.6 Å². The van der Waals surface area contributed by atoms with E-state index in [1.54, 1.807) is 18.2 Å². The van der Waals surface area contributed by atoms with E-state index in [0.29, 0.717) is 36.3 Å². The molecule has 1 aromatic carbocycles. The molecule has 0 bridgehead atoms. The SMILES string of the molecule is CCOc1ccc(S(=O)(=O)N2CC[C@@H](N)C2)cc1Br.Cl. The molecule has 1 aromatic rings. The molecule has 2 rings (SSSR count).